The fourth-order valence-corrected chi connectivity index (χ4v) is 2.36. The van der Waals surface area contributed by atoms with E-state index in [9.17, 15) is 4.79 Å². The highest BCUT2D eigenvalue weighted by Crippen LogP contribution is 2.20. The third-order valence-electron chi connectivity index (χ3n) is 2.43. The maximum atomic E-state index is 11.5. The Morgan fingerprint density at radius 1 is 1.47 bits per heavy atom. The monoisotopic (exact) mass is 343 g/mol. The molecule has 0 unspecified atom stereocenters. The number of aryl methyl sites for hydroxylation is 1. The minimum atomic E-state index is -0.278. The molecule has 0 aliphatic carbocycles. The van der Waals surface area contributed by atoms with E-state index in [1.807, 2.05) is 13.0 Å². The van der Waals surface area contributed by atoms with Crippen LogP contribution >= 0.6 is 22.6 Å². The highest BCUT2D eigenvalue weighted by Gasteiger charge is 2.13. The first kappa shape index (κ1) is 14.0. The second kappa shape index (κ2) is 6.60. The molecular weight excluding hydrogens is 329 g/mol. The molecule has 1 rings (SSSR count). The molecule has 0 bridgehead atoms. The van der Waals surface area contributed by atoms with Crippen LogP contribution in [0.25, 0.3) is 0 Å². The minimum Gasteiger partial charge on any atom is -0.466 e. The molecule has 0 amide bonds. The van der Waals surface area contributed by atoms with Crippen LogP contribution in [-0.4, -0.2) is 12.6 Å². The van der Waals surface area contributed by atoms with Gasteiger partial charge in [0.1, 0.15) is 0 Å². The van der Waals surface area contributed by atoms with E-state index in [1.54, 1.807) is 13.0 Å². The fourth-order valence-electron chi connectivity index (χ4n) is 1.67. The summed E-state index contributed by atoms with van der Waals surface area (Å²) in [5.74, 6) is -0.278. The zero-order chi connectivity index (χ0) is 12.8. The summed E-state index contributed by atoms with van der Waals surface area (Å²) in [5, 5.41) is 9.10. The van der Waals surface area contributed by atoms with E-state index in [-0.39, 0.29) is 12.4 Å². The van der Waals surface area contributed by atoms with Gasteiger partial charge in [-0.15, -0.1) is 0 Å². The zero-order valence-electron chi connectivity index (χ0n) is 9.92. The summed E-state index contributed by atoms with van der Waals surface area (Å²) < 4.78 is 5.94. The van der Waals surface area contributed by atoms with Crippen molar-refractivity contribution in [2.75, 3.05) is 6.61 Å². The summed E-state index contributed by atoms with van der Waals surface area (Å²) in [5.41, 5.74) is 2.41. The fraction of sp³-hybridized carbons (Fsp3) is 0.385. The van der Waals surface area contributed by atoms with Crippen molar-refractivity contribution >= 4 is 28.6 Å². The molecular formula is C13H14INO2. The van der Waals surface area contributed by atoms with Gasteiger partial charge in [-0.25, -0.2) is 0 Å². The van der Waals surface area contributed by atoms with Gasteiger partial charge >= 0.3 is 5.97 Å². The lowest BCUT2D eigenvalue weighted by Gasteiger charge is -2.10. The van der Waals surface area contributed by atoms with E-state index in [1.165, 1.54) is 0 Å². The molecule has 0 fully saturated rings. The Balaban J connectivity index is 3.12. The van der Waals surface area contributed by atoms with Crippen LogP contribution in [0.4, 0.5) is 0 Å². The summed E-state index contributed by atoms with van der Waals surface area (Å²) in [6, 6.07) is 5.96. The normalized spacial score (nSPS) is 9.76. The van der Waals surface area contributed by atoms with Crippen molar-refractivity contribution in [3.8, 4) is 6.07 Å². The smallest absolute Gasteiger partial charge is 0.310 e. The maximum absolute atomic E-state index is 11.5. The molecule has 0 spiro atoms. The number of nitrogens with zero attached hydrogens (tertiary/aromatic N) is 1. The standard InChI is InChI=1S/C13H14INO2/c1-3-9-5-11(14)6-10(8-15)12(9)7-13(16)17-4-2/h5-6H,3-4,7H2,1-2H3. The molecule has 0 N–H and O–H groups in total. The Kier molecular flexibility index (Phi) is 5.42. The molecule has 90 valence electrons. The third kappa shape index (κ3) is 3.70. The van der Waals surface area contributed by atoms with E-state index >= 15 is 0 Å². The number of rotatable bonds is 4. The Hall–Kier alpha value is -1.09. The lowest BCUT2D eigenvalue weighted by atomic mass is 9.97. The lowest BCUT2D eigenvalue weighted by Crippen LogP contribution is -2.11. The maximum Gasteiger partial charge on any atom is 0.310 e. The van der Waals surface area contributed by atoms with Gasteiger partial charge in [0.15, 0.2) is 0 Å². The average molecular weight is 343 g/mol. The summed E-state index contributed by atoms with van der Waals surface area (Å²) in [6.07, 6.45) is 0.983. The van der Waals surface area contributed by atoms with Gasteiger partial charge in [0.25, 0.3) is 0 Å². The molecule has 0 heterocycles. The van der Waals surface area contributed by atoms with Crippen LogP contribution in [0.1, 0.15) is 30.5 Å². The van der Waals surface area contributed by atoms with Crippen LogP contribution in [0, 0.1) is 14.9 Å². The molecule has 3 nitrogen and oxygen atoms in total. The van der Waals surface area contributed by atoms with Crippen LogP contribution in [0.3, 0.4) is 0 Å². The largest absolute Gasteiger partial charge is 0.466 e. The number of benzene rings is 1. The molecule has 17 heavy (non-hydrogen) atoms. The van der Waals surface area contributed by atoms with Crippen LogP contribution in [-0.2, 0) is 22.4 Å². The first-order chi connectivity index (χ1) is 8.12. The Morgan fingerprint density at radius 2 is 2.18 bits per heavy atom. The van der Waals surface area contributed by atoms with E-state index in [0.717, 1.165) is 21.1 Å². The van der Waals surface area contributed by atoms with Crippen molar-refractivity contribution in [2.45, 2.75) is 26.7 Å². The molecule has 1 aromatic carbocycles. The number of nitriles is 1. The number of esters is 1. The third-order valence-corrected chi connectivity index (χ3v) is 3.06. The topological polar surface area (TPSA) is 50.1 Å². The minimum absolute atomic E-state index is 0.177. The van der Waals surface area contributed by atoms with Crippen LogP contribution in [0.15, 0.2) is 12.1 Å². The predicted molar refractivity (Wildman–Crippen MR) is 73.6 cm³/mol. The van der Waals surface area contributed by atoms with E-state index in [4.69, 9.17) is 10.00 Å². The van der Waals surface area contributed by atoms with Crippen molar-refractivity contribution in [1.82, 2.24) is 0 Å². The van der Waals surface area contributed by atoms with Gasteiger partial charge < -0.3 is 4.74 Å². The summed E-state index contributed by atoms with van der Waals surface area (Å²) in [6.45, 7) is 4.16. The summed E-state index contributed by atoms with van der Waals surface area (Å²) in [4.78, 5) is 11.5. The lowest BCUT2D eigenvalue weighted by molar-refractivity contribution is -0.142. The van der Waals surface area contributed by atoms with Gasteiger partial charge in [-0.05, 0) is 59.2 Å². The van der Waals surface area contributed by atoms with Crippen LogP contribution in [0.2, 0.25) is 0 Å². The second-order valence-electron chi connectivity index (χ2n) is 3.54. The van der Waals surface area contributed by atoms with Gasteiger partial charge in [-0.2, -0.15) is 5.26 Å². The first-order valence-corrected chi connectivity index (χ1v) is 6.57. The quantitative estimate of drug-likeness (QED) is 0.624. The van der Waals surface area contributed by atoms with Gasteiger partial charge in [0, 0.05) is 3.57 Å². The van der Waals surface area contributed by atoms with E-state index in [2.05, 4.69) is 28.7 Å². The number of carbonyl (C=O) groups is 1. The molecule has 0 saturated carbocycles. The van der Waals surface area contributed by atoms with E-state index in [0.29, 0.717) is 12.2 Å². The van der Waals surface area contributed by atoms with Crippen molar-refractivity contribution in [2.24, 2.45) is 0 Å². The number of ether oxygens (including phenoxy) is 1. The Labute approximate surface area is 115 Å². The Morgan fingerprint density at radius 3 is 2.71 bits per heavy atom. The van der Waals surface area contributed by atoms with Crippen molar-refractivity contribution in [3.63, 3.8) is 0 Å². The molecule has 0 atom stereocenters. The zero-order valence-corrected chi connectivity index (χ0v) is 12.1. The number of hydrogen-bond donors (Lipinski definition) is 0. The van der Waals surface area contributed by atoms with Gasteiger partial charge in [0.05, 0.1) is 24.7 Å². The highest BCUT2D eigenvalue weighted by molar-refractivity contribution is 14.1. The summed E-state index contributed by atoms with van der Waals surface area (Å²) >= 11 is 2.18. The number of carbonyl (C=O) groups excluding carboxylic acids is 1. The van der Waals surface area contributed by atoms with Gasteiger partial charge in [-0.3, -0.25) is 4.79 Å². The van der Waals surface area contributed by atoms with E-state index < -0.39 is 0 Å². The number of hydrogen-bond acceptors (Lipinski definition) is 3. The first-order valence-electron chi connectivity index (χ1n) is 5.49. The molecule has 0 radical (unpaired) electrons. The van der Waals surface area contributed by atoms with Crippen molar-refractivity contribution in [3.05, 3.63) is 32.4 Å². The molecule has 1 aromatic rings. The second-order valence-corrected chi connectivity index (χ2v) is 4.78. The predicted octanol–water partition coefficient (Wildman–Crippen LogP) is 2.83. The highest BCUT2D eigenvalue weighted by atomic mass is 127. The van der Waals surface area contributed by atoms with Gasteiger partial charge in [-0.1, -0.05) is 6.92 Å². The SMILES string of the molecule is CCOC(=O)Cc1c(C#N)cc(I)cc1CC. The summed E-state index contributed by atoms with van der Waals surface area (Å²) in [7, 11) is 0. The molecule has 0 aliphatic rings. The van der Waals surface area contributed by atoms with Gasteiger partial charge in [0.2, 0.25) is 0 Å². The van der Waals surface area contributed by atoms with Crippen molar-refractivity contribution in [1.29, 1.82) is 5.26 Å². The number of halogens is 1. The van der Waals surface area contributed by atoms with Crippen LogP contribution < -0.4 is 0 Å². The van der Waals surface area contributed by atoms with Crippen LogP contribution in [0.5, 0.6) is 0 Å². The van der Waals surface area contributed by atoms with Crippen molar-refractivity contribution < 1.29 is 9.53 Å². The average Bonchev–Trinajstić information content (AvgIpc) is 2.31. The molecule has 0 aromatic heterocycles. The molecule has 4 heteroatoms. The molecule has 0 aliphatic heterocycles. The molecule has 0 saturated heterocycles. The Bertz CT molecular complexity index is 463.